The third kappa shape index (κ3) is 7.29. The van der Waals surface area contributed by atoms with Gasteiger partial charge in [-0.05, 0) is 51.6 Å². The summed E-state index contributed by atoms with van der Waals surface area (Å²) in [5, 5.41) is 3.75. The summed E-state index contributed by atoms with van der Waals surface area (Å²) < 4.78 is 0. The molecule has 0 saturated carbocycles. The van der Waals surface area contributed by atoms with Gasteiger partial charge in [-0.1, -0.05) is 37.7 Å². The first-order valence-electron chi connectivity index (χ1n) is 10.6. The number of rotatable bonds is 11. The smallest absolute Gasteiger partial charge is 0.251 e. The van der Waals surface area contributed by atoms with E-state index in [1.54, 1.807) is 11.8 Å². The molecule has 0 radical (unpaired) electrons. The molecule has 164 valence electrons. The number of anilines is 1. The zero-order valence-electron chi connectivity index (χ0n) is 19.1. The van der Waals surface area contributed by atoms with E-state index in [0.717, 1.165) is 47.6 Å². The van der Waals surface area contributed by atoms with Gasteiger partial charge in [0.2, 0.25) is 0 Å². The third-order valence-electron chi connectivity index (χ3n) is 4.79. The Labute approximate surface area is 185 Å². The highest BCUT2D eigenvalue weighted by Crippen LogP contribution is 2.26. The molecule has 0 bridgehead atoms. The molecule has 0 fully saturated rings. The van der Waals surface area contributed by atoms with Crippen LogP contribution in [0, 0.1) is 0 Å². The van der Waals surface area contributed by atoms with Crippen molar-refractivity contribution in [2.75, 3.05) is 45.2 Å². The maximum absolute atomic E-state index is 12.4. The Morgan fingerprint density at radius 2 is 1.87 bits per heavy atom. The van der Waals surface area contributed by atoms with E-state index in [1.165, 1.54) is 0 Å². The largest absolute Gasteiger partial charge is 0.357 e. The van der Waals surface area contributed by atoms with E-state index >= 15 is 0 Å². The first-order valence-corrected chi connectivity index (χ1v) is 11.6. The lowest BCUT2D eigenvalue weighted by Crippen LogP contribution is -2.31. The zero-order chi connectivity index (χ0) is 22.1. The molecule has 1 aromatic carbocycles. The van der Waals surface area contributed by atoms with Gasteiger partial charge in [0, 0.05) is 49.3 Å². The molecule has 0 saturated heterocycles. The van der Waals surface area contributed by atoms with Gasteiger partial charge in [0.25, 0.3) is 5.91 Å². The van der Waals surface area contributed by atoms with Crippen LogP contribution in [0.4, 0.5) is 5.82 Å². The average molecular weight is 430 g/mol. The SMILES string of the molecule is CCN(CC)c1cc(C(C)C)nc(SCc2cccc(C(=O)NCCN(C)C)c2)n1. The van der Waals surface area contributed by atoms with E-state index in [0.29, 0.717) is 18.0 Å². The molecule has 1 N–H and O–H groups in total. The van der Waals surface area contributed by atoms with Crippen molar-refractivity contribution >= 4 is 23.5 Å². The number of aromatic nitrogens is 2. The molecule has 0 unspecified atom stereocenters. The van der Waals surface area contributed by atoms with Crippen molar-refractivity contribution in [3.05, 3.63) is 47.2 Å². The Kier molecular flexibility index (Phi) is 9.59. The van der Waals surface area contributed by atoms with E-state index in [2.05, 4.69) is 44.0 Å². The van der Waals surface area contributed by atoms with Crippen molar-refractivity contribution in [2.24, 2.45) is 0 Å². The molecular formula is C23H35N5OS. The van der Waals surface area contributed by atoms with Gasteiger partial charge in [-0.2, -0.15) is 0 Å². The number of carbonyl (C=O) groups excluding carboxylic acids is 1. The number of hydrogen-bond acceptors (Lipinski definition) is 6. The number of thioether (sulfide) groups is 1. The first kappa shape index (κ1) is 24.2. The lowest BCUT2D eigenvalue weighted by Gasteiger charge is -2.21. The molecule has 30 heavy (non-hydrogen) atoms. The maximum atomic E-state index is 12.4. The highest BCUT2D eigenvalue weighted by Gasteiger charge is 2.13. The van der Waals surface area contributed by atoms with Crippen LogP contribution < -0.4 is 10.2 Å². The van der Waals surface area contributed by atoms with Crippen LogP contribution in [0.25, 0.3) is 0 Å². The van der Waals surface area contributed by atoms with E-state index < -0.39 is 0 Å². The number of nitrogens with zero attached hydrogens (tertiary/aromatic N) is 4. The molecule has 6 nitrogen and oxygen atoms in total. The van der Waals surface area contributed by atoms with E-state index in [1.807, 2.05) is 43.3 Å². The predicted molar refractivity (Wildman–Crippen MR) is 127 cm³/mol. The topological polar surface area (TPSA) is 61.4 Å². The maximum Gasteiger partial charge on any atom is 0.251 e. The van der Waals surface area contributed by atoms with Crippen LogP contribution >= 0.6 is 11.8 Å². The molecule has 1 heterocycles. The number of amides is 1. The molecule has 0 aliphatic carbocycles. The number of benzene rings is 1. The lowest BCUT2D eigenvalue weighted by molar-refractivity contribution is 0.0951. The van der Waals surface area contributed by atoms with Crippen molar-refractivity contribution in [1.82, 2.24) is 20.2 Å². The summed E-state index contributed by atoms with van der Waals surface area (Å²) >= 11 is 1.61. The summed E-state index contributed by atoms with van der Waals surface area (Å²) in [5.74, 6) is 2.01. The standard InChI is InChI=1S/C23H35N5OS/c1-7-28(8-2)21-15-20(17(3)4)25-23(26-21)30-16-18-10-9-11-19(14-18)22(29)24-12-13-27(5)6/h9-11,14-15,17H,7-8,12-13,16H2,1-6H3,(H,24,29). The first-order chi connectivity index (χ1) is 14.3. The second-order valence-corrected chi connectivity index (χ2v) is 8.75. The van der Waals surface area contributed by atoms with Crippen LogP contribution in [-0.2, 0) is 5.75 Å². The van der Waals surface area contributed by atoms with Gasteiger partial charge in [0.1, 0.15) is 5.82 Å². The molecule has 7 heteroatoms. The number of nitrogens with one attached hydrogen (secondary N) is 1. The fourth-order valence-electron chi connectivity index (χ4n) is 2.95. The molecule has 0 aliphatic rings. The van der Waals surface area contributed by atoms with Crippen molar-refractivity contribution in [3.8, 4) is 0 Å². The van der Waals surface area contributed by atoms with Gasteiger partial charge in [-0.25, -0.2) is 9.97 Å². The highest BCUT2D eigenvalue weighted by molar-refractivity contribution is 7.98. The van der Waals surface area contributed by atoms with E-state index in [-0.39, 0.29) is 5.91 Å². The van der Waals surface area contributed by atoms with Gasteiger partial charge < -0.3 is 15.1 Å². The molecular weight excluding hydrogens is 394 g/mol. The van der Waals surface area contributed by atoms with Crippen LogP contribution in [0.1, 0.15) is 55.2 Å². The van der Waals surface area contributed by atoms with E-state index in [9.17, 15) is 4.79 Å². The second-order valence-electron chi connectivity index (χ2n) is 7.81. The summed E-state index contributed by atoms with van der Waals surface area (Å²) in [6.07, 6.45) is 0. The van der Waals surface area contributed by atoms with Crippen molar-refractivity contribution in [3.63, 3.8) is 0 Å². The van der Waals surface area contributed by atoms with Gasteiger partial charge in [0.15, 0.2) is 5.16 Å². The van der Waals surface area contributed by atoms with Crippen molar-refractivity contribution < 1.29 is 4.79 Å². The predicted octanol–water partition coefficient (Wildman–Crippen LogP) is 4.03. The Balaban J connectivity index is 2.10. The summed E-state index contributed by atoms with van der Waals surface area (Å²) in [6.45, 7) is 11.9. The van der Waals surface area contributed by atoms with Gasteiger partial charge in [-0.3, -0.25) is 4.79 Å². The third-order valence-corrected chi connectivity index (χ3v) is 5.71. The van der Waals surface area contributed by atoms with Crippen LogP contribution in [0.15, 0.2) is 35.5 Å². The average Bonchev–Trinajstić information content (AvgIpc) is 2.73. The second kappa shape index (κ2) is 11.9. The summed E-state index contributed by atoms with van der Waals surface area (Å²) in [5.41, 5.74) is 2.83. The van der Waals surface area contributed by atoms with Crippen molar-refractivity contribution in [1.29, 1.82) is 0 Å². The number of hydrogen-bond donors (Lipinski definition) is 1. The Bertz CT molecular complexity index is 821. The van der Waals surface area contributed by atoms with Crippen LogP contribution in [-0.4, -0.2) is 61.0 Å². The zero-order valence-corrected chi connectivity index (χ0v) is 19.9. The normalized spacial score (nSPS) is 11.2. The highest BCUT2D eigenvalue weighted by atomic mass is 32.2. The van der Waals surface area contributed by atoms with Gasteiger partial charge >= 0.3 is 0 Å². The Morgan fingerprint density at radius 1 is 1.13 bits per heavy atom. The molecule has 0 aliphatic heterocycles. The molecule has 2 rings (SSSR count). The van der Waals surface area contributed by atoms with Crippen LogP contribution in [0.2, 0.25) is 0 Å². The fourth-order valence-corrected chi connectivity index (χ4v) is 3.75. The minimum Gasteiger partial charge on any atom is -0.357 e. The minimum atomic E-state index is -0.0365. The lowest BCUT2D eigenvalue weighted by atomic mass is 10.1. The molecule has 0 atom stereocenters. The number of likely N-dealkylation sites (N-methyl/N-ethyl adjacent to an activating group) is 1. The molecule has 1 amide bonds. The Morgan fingerprint density at radius 3 is 2.50 bits per heavy atom. The van der Waals surface area contributed by atoms with E-state index in [4.69, 9.17) is 9.97 Å². The monoisotopic (exact) mass is 429 g/mol. The summed E-state index contributed by atoms with van der Waals surface area (Å²) in [7, 11) is 3.98. The molecule has 0 spiro atoms. The fraction of sp³-hybridized carbons (Fsp3) is 0.522. The quantitative estimate of drug-likeness (QED) is 0.430. The van der Waals surface area contributed by atoms with Crippen LogP contribution in [0.5, 0.6) is 0 Å². The minimum absolute atomic E-state index is 0.0365. The Hall–Kier alpha value is -2.12. The van der Waals surface area contributed by atoms with Crippen molar-refractivity contribution in [2.45, 2.75) is 44.5 Å². The molecule has 1 aromatic heterocycles. The summed E-state index contributed by atoms with van der Waals surface area (Å²) in [4.78, 5) is 26.2. The van der Waals surface area contributed by atoms with Gasteiger partial charge in [0.05, 0.1) is 0 Å². The number of carbonyl (C=O) groups is 1. The molecule has 2 aromatic rings. The summed E-state index contributed by atoms with van der Waals surface area (Å²) in [6, 6.07) is 9.88. The van der Waals surface area contributed by atoms with Crippen LogP contribution in [0.3, 0.4) is 0 Å². The van der Waals surface area contributed by atoms with Gasteiger partial charge in [-0.15, -0.1) is 0 Å².